The summed E-state index contributed by atoms with van der Waals surface area (Å²) in [6, 6.07) is 2.05. The maximum Gasteiger partial charge on any atom is 0.300 e. The maximum absolute atomic E-state index is 11.0. The predicted octanol–water partition coefficient (Wildman–Crippen LogP) is 3.76. The van der Waals surface area contributed by atoms with Gasteiger partial charge in [0, 0.05) is 12.1 Å². The molecule has 0 bridgehead atoms. The van der Waals surface area contributed by atoms with Gasteiger partial charge in [0.2, 0.25) is 0 Å². The van der Waals surface area contributed by atoms with Crippen LogP contribution in [0.1, 0.15) is 26.7 Å². The fraction of sp³-hybridized carbons (Fsp3) is 0.455. The number of nitro benzene ring substituents is 2. The second-order valence-corrected chi connectivity index (χ2v) is 4.40. The molecule has 0 spiro atoms. The summed E-state index contributed by atoms with van der Waals surface area (Å²) in [4.78, 5) is 20.3. The Hall–Kier alpha value is -1.89. The Kier molecular flexibility index (Phi) is 5.05. The highest BCUT2D eigenvalue weighted by Gasteiger charge is 2.24. The molecule has 0 fully saturated rings. The Labute approximate surface area is 114 Å². The number of anilines is 1. The number of nitrogens with zero attached hydrogens (tertiary/aromatic N) is 2. The van der Waals surface area contributed by atoms with E-state index in [0.717, 1.165) is 25.0 Å². The fourth-order valence-electron chi connectivity index (χ4n) is 1.67. The largest absolute Gasteiger partial charge is 0.376 e. The first kappa shape index (κ1) is 15.2. The van der Waals surface area contributed by atoms with Crippen molar-refractivity contribution in [3.63, 3.8) is 0 Å². The van der Waals surface area contributed by atoms with Crippen molar-refractivity contribution in [2.75, 3.05) is 5.32 Å². The molecule has 19 heavy (non-hydrogen) atoms. The zero-order chi connectivity index (χ0) is 14.6. The van der Waals surface area contributed by atoms with Crippen LogP contribution >= 0.6 is 11.6 Å². The molecule has 1 N–H and O–H groups in total. The van der Waals surface area contributed by atoms with Gasteiger partial charge in [-0.1, -0.05) is 25.4 Å². The van der Waals surface area contributed by atoms with Crippen molar-refractivity contribution in [2.24, 2.45) is 0 Å². The molecule has 0 aliphatic heterocycles. The van der Waals surface area contributed by atoms with Crippen LogP contribution < -0.4 is 5.32 Å². The van der Waals surface area contributed by atoms with E-state index in [2.05, 4.69) is 5.32 Å². The first-order valence-corrected chi connectivity index (χ1v) is 6.17. The molecule has 0 saturated heterocycles. The highest BCUT2D eigenvalue weighted by atomic mass is 35.5. The average molecular weight is 288 g/mol. The second kappa shape index (κ2) is 6.33. The Bertz CT molecular complexity index is 503. The summed E-state index contributed by atoms with van der Waals surface area (Å²) >= 11 is 5.91. The Morgan fingerprint density at radius 3 is 2.21 bits per heavy atom. The van der Waals surface area contributed by atoms with E-state index in [0.29, 0.717) is 0 Å². The van der Waals surface area contributed by atoms with Crippen molar-refractivity contribution in [1.29, 1.82) is 0 Å². The molecular weight excluding hydrogens is 274 g/mol. The van der Waals surface area contributed by atoms with Crippen molar-refractivity contribution in [2.45, 2.75) is 32.7 Å². The lowest BCUT2D eigenvalue weighted by Crippen LogP contribution is -2.18. The summed E-state index contributed by atoms with van der Waals surface area (Å²) in [5, 5.41) is 24.6. The number of benzene rings is 1. The molecule has 1 aromatic carbocycles. The Morgan fingerprint density at radius 1 is 1.21 bits per heavy atom. The van der Waals surface area contributed by atoms with Crippen LogP contribution in [0.25, 0.3) is 0 Å². The molecule has 104 valence electrons. The van der Waals surface area contributed by atoms with Crippen LogP contribution in [-0.4, -0.2) is 15.9 Å². The highest BCUT2D eigenvalue weighted by molar-refractivity contribution is 6.34. The van der Waals surface area contributed by atoms with E-state index in [-0.39, 0.29) is 22.4 Å². The van der Waals surface area contributed by atoms with Gasteiger partial charge in [-0.2, -0.15) is 0 Å². The third-order valence-electron chi connectivity index (χ3n) is 2.80. The molecule has 0 saturated carbocycles. The molecule has 0 amide bonds. The minimum atomic E-state index is -0.709. The van der Waals surface area contributed by atoms with Gasteiger partial charge in [0.05, 0.1) is 20.9 Å². The van der Waals surface area contributed by atoms with Crippen molar-refractivity contribution in [1.82, 2.24) is 0 Å². The van der Waals surface area contributed by atoms with Gasteiger partial charge in [-0.3, -0.25) is 20.2 Å². The Balaban J connectivity index is 3.29. The van der Waals surface area contributed by atoms with Crippen molar-refractivity contribution >= 4 is 28.7 Å². The summed E-state index contributed by atoms with van der Waals surface area (Å²) in [5.74, 6) is 0. The van der Waals surface area contributed by atoms with Gasteiger partial charge >= 0.3 is 5.69 Å². The van der Waals surface area contributed by atoms with E-state index in [1.54, 1.807) is 0 Å². The maximum atomic E-state index is 11.0. The van der Waals surface area contributed by atoms with E-state index >= 15 is 0 Å². The molecule has 0 unspecified atom stereocenters. The number of hydrogen-bond donors (Lipinski definition) is 1. The van der Waals surface area contributed by atoms with E-state index < -0.39 is 15.5 Å². The van der Waals surface area contributed by atoms with Crippen molar-refractivity contribution < 1.29 is 9.85 Å². The van der Waals surface area contributed by atoms with Gasteiger partial charge in [-0.05, 0) is 12.8 Å². The number of rotatable bonds is 6. The SMILES string of the molecule is CCC(CC)Nc1c(Cl)cc([N+](=O)[O-])cc1[N+](=O)[O-]. The van der Waals surface area contributed by atoms with Crippen LogP contribution in [-0.2, 0) is 0 Å². The molecular formula is C11H14ClN3O4. The monoisotopic (exact) mass is 287 g/mol. The van der Waals surface area contributed by atoms with Crippen LogP contribution in [0.15, 0.2) is 12.1 Å². The van der Waals surface area contributed by atoms with Gasteiger partial charge in [-0.15, -0.1) is 0 Å². The van der Waals surface area contributed by atoms with Gasteiger partial charge in [0.1, 0.15) is 5.69 Å². The van der Waals surface area contributed by atoms with E-state index in [1.807, 2.05) is 13.8 Å². The smallest absolute Gasteiger partial charge is 0.300 e. The van der Waals surface area contributed by atoms with E-state index in [4.69, 9.17) is 11.6 Å². The number of halogens is 1. The van der Waals surface area contributed by atoms with Gasteiger partial charge in [0.25, 0.3) is 5.69 Å². The normalized spacial score (nSPS) is 10.5. The van der Waals surface area contributed by atoms with Gasteiger partial charge in [0.15, 0.2) is 0 Å². The predicted molar refractivity (Wildman–Crippen MR) is 72.8 cm³/mol. The average Bonchev–Trinajstić information content (AvgIpc) is 2.36. The summed E-state index contributed by atoms with van der Waals surface area (Å²) in [5.41, 5.74) is -0.649. The minimum absolute atomic E-state index is 0.0206. The zero-order valence-corrected chi connectivity index (χ0v) is 11.3. The molecule has 1 rings (SSSR count). The summed E-state index contributed by atoms with van der Waals surface area (Å²) in [6.07, 6.45) is 1.53. The third kappa shape index (κ3) is 3.54. The van der Waals surface area contributed by atoms with Gasteiger partial charge in [-0.25, -0.2) is 0 Å². The molecule has 0 atom stereocenters. The molecule has 0 radical (unpaired) electrons. The van der Waals surface area contributed by atoms with E-state index in [1.165, 1.54) is 0 Å². The standard InChI is InChI=1S/C11H14ClN3O4/c1-3-7(4-2)13-11-9(12)5-8(14(16)17)6-10(11)15(18)19/h5-7,13H,3-4H2,1-2H3. The van der Waals surface area contributed by atoms with Gasteiger partial charge < -0.3 is 5.32 Å². The highest BCUT2D eigenvalue weighted by Crippen LogP contribution is 2.37. The molecule has 0 heterocycles. The van der Waals surface area contributed by atoms with Crippen LogP contribution in [0.2, 0.25) is 5.02 Å². The van der Waals surface area contributed by atoms with Crippen LogP contribution in [0, 0.1) is 20.2 Å². The molecule has 0 aromatic heterocycles. The van der Waals surface area contributed by atoms with Crippen LogP contribution in [0.4, 0.5) is 17.1 Å². The lowest BCUT2D eigenvalue weighted by atomic mass is 10.1. The lowest BCUT2D eigenvalue weighted by Gasteiger charge is -2.17. The van der Waals surface area contributed by atoms with Crippen molar-refractivity contribution in [3.05, 3.63) is 37.4 Å². The first-order valence-electron chi connectivity index (χ1n) is 5.79. The summed E-state index contributed by atoms with van der Waals surface area (Å²) in [7, 11) is 0. The molecule has 0 aliphatic carbocycles. The zero-order valence-electron chi connectivity index (χ0n) is 10.6. The number of nitro groups is 2. The minimum Gasteiger partial charge on any atom is -0.376 e. The van der Waals surface area contributed by atoms with Crippen LogP contribution in [0.3, 0.4) is 0 Å². The first-order chi connectivity index (χ1) is 8.90. The number of nitrogens with one attached hydrogen (secondary N) is 1. The molecule has 7 nitrogen and oxygen atoms in total. The third-order valence-corrected chi connectivity index (χ3v) is 3.09. The molecule has 1 aromatic rings. The van der Waals surface area contributed by atoms with Crippen LogP contribution in [0.5, 0.6) is 0 Å². The van der Waals surface area contributed by atoms with E-state index in [9.17, 15) is 20.2 Å². The topological polar surface area (TPSA) is 98.3 Å². The second-order valence-electron chi connectivity index (χ2n) is 3.99. The summed E-state index contributed by atoms with van der Waals surface area (Å²) < 4.78 is 0. The van der Waals surface area contributed by atoms with Crippen molar-refractivity contribution in [3.8, 4) is 0 Å². The lowest BCUT2D eigenvalue weighted by molar-refractivity contribution is -0.393. The molecule has 0 aliphatic rings. The number of hydrogen-bond acceptors (Lipinski definition) is 5. The number of non-ortho nitro benzene ring substituents is 1. The fourth-order valence-corrected chi connectivity index (χ4v) is 1.93. The Morgan fingerprint density at radius 2 is 1.79 bits per heavy atom. The quantitative estimate of drug-likeness (QED) is 0.634. The molecule has 8 heteroatoms. The summed E-state index contributed by atoms with van der Waals surface area (Å²) in [6.45, 7) is 3.87.